The van der Waals surface area contributed by atoms with Crippen LogP contribution in [-0.2, 0) is 11.2 Å². The van der Waals surface area contributed by atoms with E-state index in [1.54, 1.807) is 13.2 Å². The van der Waals surface area contributed by atoms with Crippen molar-refractivity contribution in [2.75, 3.05) is 13.7 Å². The van der Waals surface area contributed by atoms with Crippen LogP contribution in [-0.4, -0.2) is 25.3 Å². The molecule has 0 aliphatic heterocycles. The fourth-order valence-electron chi connectivity index (χ4n) is 2.99. The van der Waals surface area contributed by atoms with Crippen molar-refractivity contribution in [1.29, 1.82) is 0 Å². The molecule has 1 aliphatic carbocycles. The summed E-state index contributed by atoms with van der Waals surface area (Å²) in [6.45, 7) is 2.97. The molecule has 1 fully saturated rings. The third-order valence-corrected chi connectivity index (χ3v) is 4.73. The Hall–Kier alpha value is -0.640. The van der Waals surface area contributed by atoms with Crippen molar-refractivity contribution in [3.63, 3.8) is 0 Å². The number of rotatable bonds is 7. The smallest absolute Gasteiger partial charge is 0.142 e. The molecule has 0 amide bonds. The van der Waals surface area contributed by atoms with Crippen LogP contribution >= 0.6 is 11.6 Å². The Labute approximate surface area is 125 Å². The van der Waals surface area contributed by atoms with Gasteiger partial charge in [0.1, 0.15) is 5.82 Å². The predicted octanol–water partition coefficient (Wildman–Crippen LogP) is 3.96. The molecule has 1 aromatic rings. The Morgan fingerprint density at radius 2 is 2.20 bits per heavy atom. The van der Waals surface area contributed by atoms with E-state index >= 15 is 0 Å². The number of ether oxygens (including phenoxy) is 1. The highest BCUT2D eigenvalue weighted by Crippen LogP contribution is 2.39. The zero-order chi connectivity index (χ0) is 14.6. The largest absolute Gasteiger partial charge is 0.378 e. The van der Waals surface area contributed by atoms with E-state index in [0.29, 0.717) is 0 Å². The molecule has 0 bridgehead atoms. The fraction of sp³-hybridized carbons (Fsp3) is 0.625. The summed E-state index contributed by atoms with van der Waals surface area (Å²) in [5.41, 5.74) is 0.871. The molecule has 1 saturated carbocycles. The Morgan fingerprint density at radius 3 is 2.75 bits per heavy atom. The first-order valence-electron chi connectivity index (χ1n) is 7.31. The minimum absolute atomic E-state index is 0.00659. The lowest BCUT2D eigenvalue weighted by Crippen LogP contribution is -2.46. The molecule has 2 nitrogen and oxygen atoms in total. The first-order chi connectivity index (χ1) is 9.60. The lowest BCUT2D eigenvalue weighted by atomic mass is 9.75. The molecular weight excluding hydrogens is 277 g/mol. The summed E-state index contributed by atoms with van der Waals surface area (Å²) in [7, 11) is 1.79. The van der Waals surface area contributed by atoms with Crippen LogP contribution < -0.4 is 5.32 Å². The lowest BCUT2D eigenvalue weighted by Gasteiger charge is -2.43. The summed E-state index contributed by atoms with van der Waals surface area (Å²) in [6.07, 6.45) is 5.14. The van der Waals surface area contributed by atoms with Crippen molar-refractivity contribution in [3.8, 4) is 0 Å². The van der Waals surface area contributed by atoms with Gasteiger partial charge in [-0.3, -0.25) is 0 Å². The Morgan fingerprint density at radius 1 is 1.45 bits per heavy atom. The van der Waals surface area contributed by atoms with Crippen molar-refractivity contribution in [2.45, 2.75) is 50.7 Å². The van der Waals surface area contributed by atoms with Gasteiger partial charge in [0.15, 0.2) is 0 Å². The molecule has 112 valence electrons. The van der Waals surface area contributed by atoms with E-state index in [2.05, 4.69) is 12.2 Å². The number of hydrogen-bond acceptors (Lipinski definition) is 2. The van der Waals surface area contributed by atoms with Crippen LogP contribution in [0.15, 0.2) is 18.2 Å². The Kier molecular flexibility index (Phi) is 5.42. The van der Waals surface area contributed by atoms with Gasteiger partial charge in [0.25, 0.3) is 0 Å². The second-order valence-electron chi connectivity index (χ2n) is 5.62. The van der Waals surface area contributed by atoms with E-state index in [1.165, 1.54) is 12.5 Å². The summed E-state index contributed by atoms with van der Waals surface area (Å²) in [5, 5.41) is 3.72. The van der Waals surface area contributed by atoms with Crippen molar-refractivity contribution in [3.05, 3.63) is 34.6 Å². The molecule has 1 aliphatic rings. The lowest BCUT2D eigenvalue weighted by molar-refractivity contribution is -0.0833. The standard InChI is InChI=1S/C16H23ClFNO/c1-3-19-13(11-16(20-2)8-5-9-16)10-12-6-4-7-14(18)15(12)17/h4,6-7,13,19H,3,5,8-11H2,1-2H3. The summed E-state index contributed by atoms with van der Waals surface area (Å²) in [4.78, 5) is 0. The van der Waals surface area contributed by atoms with E-state index in [1.807, 2.05) is 6.07 Å². The zero-order valence-electron chi connectivity index (χ0n) is 12.2. The molecular formula is C16H23ClFNO. The van der Waals surface area contributed by atoms with E-state index in [-0.39, 0.29) is 22.5 Å². The van der Waals surface area contributed by atoms with E-state index < -0.39 is 0 Å². The van der Waals surface area contributed by atoms with Crippen LogP contribution in [0.3, 0.4) is 0 Å². The van der Waals surface area contributed by atoms with Gasteiger partial charge in [0, 0.05) is 13.2 Å². The molecule has 0 aromatic heterocycles. The van der Waals surface area contributed by atoms with Crippen LogP contribution in [0.25, 0.3) is 0 Å². The molecule has 20 heavy (non-hydrogen) atoms. The summed E-state index contributed by atoms with van der Waals surface area (Å²) >= 11 is 6.06. The molecule has 4 heteroatoms. The van der Waals surface area contributed by atoms with Gasteiger partial charge in [-0.2, -0.15) is 0 Å². The Bertz CT molecular complexity index is 443. The number of methoxy groups -OCH3 is 1. The van der Waals surface area contributed by atoms with Gasteiger partial charge in [0.2, 0.25) is 0 Å². The molecule has 0 saturated heterocycles. The van der Waals surface area contributed by atoms with Crippen LogP contribution in [0.2, 0.25) is 5.02 Å². The third kappa shape index (κ3) is 3.51. The average molecular weight is 300 g/mol. The maximum Gasteiger partial charge on any atom is 0.142 e. The van der Waals surface area contributed by atoms with Crippen LogP contribution in [0, 0.1) is 5.82 Å². The minimum Gasteiger partial charge on any atom is -0.378 e. The predicted molar refractivity (Wildman–Crippen MR) is 80.8 cm³/mol. The number of benzene rings is 1. The van der Waals surface area contributed by atoms with Crippen molar-refractivity contribution < 1.29 is 9.13 Å². The van der Waals surface area contributed by atoms with Crippen LogP contribution in [0.5, 0.6) is 0 Å². The second kappa shape index (κ2) is 6.88. The van der Waals surface area contributed by atoms with Crippen LogP contribution in [0.1, 0.15) is 38.2 Å². The second-order valence-corrected chi connectivity index (χ2v) is 5.99. The summed E-state index contributed by atoms with van der Waals surface area (Å²) < 4.78 is 19.2. The maximum atomic E-state index is 13.5. The highest BCUT2D eigenvalue weighted by Gasteiger charge is 2.38. The maximum absolute atomic E-state index is 13.5. The number of hydrogen-bond donors (Lipinski definition) is 1. The third-order valence-electron chi connectivity index (χ3n) is 4.31. The molecule has 2 rings (SSSR count). The molecule has 0 radical (unpaired) electrons. The van der Waals surface area contributed by atoms with E-state index in [9.17, 15) is 4.39 Å². The zero-order valence-corrected chi connectivity index (χ0v) is 13.0. The topological polar surface area (TPSA) is 21.3 Å². The van der Waals surface area contributed by atoms with Gasteiger partial charge in [-0.1, -0.05) is 30.7 Å². The number of likely N-dealkylation sites (N-methyl/N-ethyl adjacent to an activating group) is 1. The molecule has 0 heterocycles. The first kappa shape index (κ1) is 15.7. The van der Waals surface area contributed by atoms with Gasteiger partial charge in [-0.15, -0.1) is 0 Å². The van der Waals surface area contributed by atoms with Crippen molar-refractivity contribution in [1.82, 2.24) is 5.32 Å². The minimum atomic E-state index is -0.343. The van der Waals surface area contributed by atoms with Crippen LogP contribution in [0.4, 0.5) is 4.39 Å². The van der Waals surface area contributed by atoms with Gasteiger partial charge in [-0.05, 0) is 50.3 Å². The fourth-order valence-corrected chi connectivity index (χ4v) is 3.19. The number of halogens is 2. The van der Waals surface area contributed by atoms with E-state index in [0.717, 1.165) is 37.8 Å². The van der Waals surface area contributed by atoms with Gasteiger partial charge in [-0.25, -0.2) is 4.39 Å². The summed E-state index contributed by atoms with van der Waals surface area (Å²) in [5.74, 6) is -0.343. The molecule has 1 unspecified atom stereocenters. The van der Waals surface area contributed by atoms with Crippen molar-refractivity contribution in [2.24, 2.45) is 0 Å². The average Bonchev–Trinajstić information content (AvgIpc) is 2.39. The SMILES string of the molecule is CCNC(Cc1cccc(F)c1Cl)CC1(OC)CCC1. The quantitative estimate of drug-likeness (QED) is 0.823. The van der Waals surface area contributed by atoms with Crippen molar-refractivity contribution >= 4 is 11.6 Å². The normalized spacial score (nSPS) is 18.6. The molecule has 1 atom stereocenters. The molecule has 1 aromatic carbocycles. The first-order valence-corrected chi connectivity index (χ1v) is 7.69. The van der Waals surface area contributed by atoms with Gasteiger partial charge in [0.05, 0.1) is 10.6 Å². The molecule has 0 spiro atoms. The van der Waals surface area contributed by atoms with Gasteiger partial charge < -0.3 is 10.1 Å². The number of nitrogens with one attached hydrogen (secondary N) is 1. The van der Waals surface area contributed by atoms with E-state index in [4.69, 9.17) is 16.3 Å². The van der Waals surface area contributed by atoms with Gasteiger partial charge >= 0.3 is 0 Å². The monoisotopic (exact) mass is 299 g/mol. The molecule has 1 N–H and O–H groups in total. The highest BCUT2D eigenvalue weighted by atomic mass is 35.5. The Balaban J connectivity index is 2.07. The highest BCUT2D eigenvalue weighted by molar-refractivity contribution is 6.31. The summed E-state index contributed by atoms with van der Waals surface area (Å²) in [6, 6.07) is 5.28.